The molecule has 4 aromatic rings. The molecule has 0 aliphatic rings. The van der Waals surface area contributed by atoms with Crippen LogP contribution < -0.4 is 16.6 Å². The number of rotatable bonds is 6. The van der Waals surface area contributed by atoms with Crippen molar-refractivity contribution < 1.29 is 4.79 Å². The van der Waals surface area contributed by atoms with Crippen molar-refractivity contribution in [3.63, 3.8) is 0 Å². The predicted molar refractivity (Wildman–Crippen MR) is 129 cm³/mol. The van der Waals surface area contributed by atoms with Crippen LogP contribution in [-0.4, -0.2) is 24.8 Å². The molecular formula is C25H27N5O3. The van der Waals surface area contributed by atoms with E-state index in [9.17, 15) is 14.4 Å². The summed E-state index contributed by atoms with van der Waals surface area (Å²) in [4.78, 5) is 39.7. The highest BCUT2D eigenvalue weighted by Crippen LogP contribution is 2.16. The molecule has 0 saturated carbocycles. The first-order chi connectivity index (χ1) is 15.8. The molecule has 0 fully saturated rings. The molecule has 0 aliphatic carbocycles. The number of aromatic nitrogens is 4. The predicted octanol–water partition coefficient (Wildman–Crippen LogP) is 2.99. The lowest BCUT2D eigenvalue weighted by molar-refractivity contribution is -0.116. The highest BCUT2D eigenvalue weighted by atomic mass is 16.2. The van der Waals surface area contributed by atoms with E-state index in [0.29, 0.717) is 29.0 Å². The lowest BCUT2D eigenvalue weighted by atomic mass is 10.1. The minimum Gasteiger partial charge on any atom is -0.325 e. The molecule has 1 N–H and O–H groups in total. The minimum absolute atomic E-state index is 0.112. The lowest BCUT2D eigenvalue weighted by Crippen LogP contribution is -2.42. The fraction of sp³-hybridized carbons (Fsp3) is 0.280. The maximum atomic E-state index is 13.5. The first kappa shape index (κ1) is 22.3. The van der Waals surface area contributed by atoms with Gasteiger partial charge in [-0.3, -0.25) is 23.4 Å². The zero-order valence-electron chi connectivity index (χ0n) is 19.3. The monoisotopic (exact) mass is 445 g/mol. The van der Waals surface area contributed by atoms with Gasteiger partial charge in [0.15, 0.2) is 5.52 Å². The third-order valence-electron chi connectivity index (χ3n) is 5.85. The van der Waals surface area contributed by atoms with Gasteiger partial charge in [0.05, 0.1) is 12.2 Å². The van der Waals surface area contributed by atoms with Gasteiger partial charge in [0.2, 0.25) is 5.91 Å². The Hall–Kier alpha value is -3.94. The minimum atomic E-state index is -0.537. The summed E-state index contributed by atoms with van der Waals surface area (Å²) in [5.74, 6) is -0.352. The molecule has 1 amide bonds. The van der Waals surface area contributed by atoms with Crippen molar-refractivity contribution in [1.29, 1.82) is 0 Å². The molecule has 0 spiro atoms. The van der Waals surface area contributed by atoms with Gasteiger partial charge in [-0.2, -0.15) is 5.10 Å². The fourth-order valence-corrected chi connectivity index (χ4v) is 4.01. The average Bonchev–Trinajstić information content (AvgIpc) is 3.14. The van der Waals surface area contributed by atoms with Gasteiger partial charge in [-0.25, -0.2) is 4.79 Å². The van der Waals surface area contributed by atoms with Gasteiger partial charge < -0.3 is 5.32 Å². The fourth-order valence-electron chi connectivity index (χ4n) is 4.01. The Morgan fingerprint density at radius 2 is 1.67 bits per heavy atom. The molecule has 2 aromatic carbocycles. The molecule has 0 radical (unpaired) electrons. The highest BCUT2D eigenvalue weighted by molar-refractivity contribution is 5.91. The number of hydrogen-bond donors (Lipinski definition) is 1. The zero-order valence-corrected chi connectivity index (χ0v) is 19.3. The summed E-state index contributed by atoms with van der Waals surface area (Å²) in [6.07, 6.45) is 0. The summed E-state index contributed by atoms with van der Waals surface area (Å²) in [6.45, 7) is 7.95. The standard InChI is InChI=1S/C25H27N5O3/c1-5-30-23-22(18(4)27-30)28(15-21(31)26-20-12-11-16(2)17(3)13-20)25(33)29(24(23)32)14-19-9-7-6-8-10-19/h6-13H,5,14-15H2,1-4H3,(H,26,31). The van der Waals surface area contributed by atoms with E-state index in [2.05, 4.69) is 10.4 Å². The van der Waals surface area contributed by atoms with Gasteiger partial charge >= 0.3 is 5.69 Å². The molecule has 33 heavy (non-hydrogen) atoms. The van der Waals surface area contributed by atoms with Crippen LogP contribution in [0.25, 0.3) is 11.0 Å². The quantitative estimate of drug-likeness (QED) is 0.494. The van der Waals surface area contributed by atoms with Crippen molar-refractivity contribution in [3.05, 3.63) is 91.8 Å². The summed E-state index contributed by atoms with van der Waals surface area (Å²) in [5.41, 5.74) is 3.97. The van der Waals surface area contributed by atoms with E-state index < -0.39 is 11.2 Å². The van der Waals surface area contributed by atoms with Crippen molar-refractivity contribution in [2.45, 2.75) is 47.3 Å². The first-order valence-corrected chi connectivity index (χ1v) is 10.9. The SMILES string of the molecule is CCn1nc(C)c2c1c(=O)n(Cc1ccccc1)c(=O)n2CC(=O)Nc1ccc(C)c(C)c1. The summed E-state index contributed by atoms with van der Waals surface area (Å²) < 4.78 is 4.12. The van der Waals surface area contributed by atoms with Crippen LogP contribution in [0.15, 0.2) is 58.1 Å². The molecule has 170 valence electrons. The maximum Gasteiger partial charge on any atom is 0.332 e. The number of benzene rings is 2. The summed E-state index contributed by atoms with van der Waals surface area (Å²) >= 11 is 0. The molecule has 2 heterocycles. The number of amides is 1. The van der Waals surface area contributed by atoms with Crippen LogP contribution in [0.5, 0.6) is 0 Å². The summed E-state index contributed by atoms with van der Waals surface area (Å²) in [7, 11) is 0. The zero-order chi connectivity index (χ0) is 23.7. The van der Waals surface area contributed by atoms with E-state index in [4.69, 9.17) is 0 Å². The number of carbonyl (C=O) groups excluding carboxylic acids is 1. The number of hydrogen-bond acceptors (Lipinski definition) is 4. The van der Waals surface area contributed by atoms with Crippen molar-refractivity contribution in [1.82, 2.24) is 18.9 Å². The first-order valence-electron chi connectivity index (χ1n) is 10.9. The van der Waals surface area contributed by atoms with E-state index in [1.807, 2.05) is 69.3 Å². The van der Waals surface area contributed by atoms with Crippen LogP contribution in [0, 0.1) is 20.8 Å². The summed E-state index contributed by atoms with van der Waals surface area (Å²) in [5, 5.41) is 7.30. The van der Waals surface area contributed by atoms with Crippen LogP contribution >= 0.6 is 0 Å². The van der Waals surface area contributed by atoms with E-state index >= 15 is 0 Å². The van der Waals surface area contributed by atoms with E-state index in [-0.39, 0.29) is 19.0 Å². The number of anilines is 1. The third kappa shape index (κ3) is 4.24. The Balaban J connectivity index is 1.81. The third-order valence-corrected chi connectivity index (χ3v) is 5.85. The van der Waals surface area contributed by atoms with Crippen LogP contribution in [0.2, 0.25) is 0 Å². The Morgan fingerprint density at radius 1 is 0.939 bits per heavy atom. The van der Waals surface area contributed by atoms with Crippen molar-refractivity contribution >= 4 is 22.6 Å². The van der Waals surface area contributed by atoms with Gasteiger partial charge in [0.1, 0.15) is 12.1 Å². The molecule has 0 bridgehead atoms. The normalized spacial score (nSPS) is 11.2. The second-order valence-electron chi connectivity index (χ2n) is 8.19. The van der Waals surface area contributed by atoms with Gasteiger partial charge in [0.25, 0.3) is 5.56 Å². The van der Waals surface area contributed by atoms with Gasteiger partial charge in [-0.15, -0.1) is 0 Å². The molecule has 8 nitrogen and oxygen atoms in total. The smallest absolute Gasteiger partial charge is 0.325 e. The van der Waals surface area contributed by atoms with E-state index in [1.165, 1.54) is 9.13 Å². The molecule has 4 rings (SSSR count). The van der Waals surface area contributed by atoms with Crippen molar-refractivity contribution in [2.75, 3.05) is 5.32 Å². The van der Waals surface area contributed by atoms with E-state index in [0.717, 1.165) is 16.7 Å². The maximum absolute atomic E-state index is 13.5. The molecule has 0 unspecified atom stereocenters. The number of nitrogens with zero attached hydrogens (tertiary/aromatic N) is 4. The molecular weight excluding hydrogens is 418 g/mol. The largest absolute Gasteiger partial charge is 0.332 e. The van der Waals surface area contributed by atoms with Crippen LogP contribution in [0.3, 0.4) is 0 Å². The second-order valence-corrected chi connectivity index (χ2v) is 8.19. The molecule has 0 atom stereocenters. The second kappa shape index (κ2) is 8.90. The van der Waals surface area contributed by atoms with Crippen molar-refractivity contribution in [3.8, 4) is 0 Å². The summed E-state index contributed by atoms with van der Waals surface area (Å²) in [6, 6.07) is 15.0. The Morgan fingerprint density at radius 3 is 2.33 bits per heavy atom. The van der Waals surface area contributed by atoms with E-state index in [1.54, 1.807) is 11.6 Å². The number of nitrogens with one attached hydrogen (secondary N) is 1. The number of fused-ring (bicyclic) bond motifs is 1. The Bertz CT molecular complexity index is 1460. The van der Waals surface area contributed by atoms with Gasteiger partial charge in [-0.1, -0.05) is 36.4 Å². The van der Waals surface area contributed by atoms with Crippen LogP contribution in [0.4, 0.5) is 5.69 Å². The Kier molecular flexibility index (Phi) is 6.00. The molecule has 2 aromatic heterocycles. The molecule has 0 aliphatic heterocycles. The molecule has 8 heteroatoms. The molecule has 0 saturated heterocycles. The van der Waals surface area contributed by atoms with Crippen LogP contribution in [0.1, 0.15) is 29.3 Å². The average molecular weight is 446 g/mol. The Labute approximate surface area is 191 Å². The van der Waals surface area contributed by atoms with Gasteiger partial charge in [-0.05, 0) is 56.5 Å². The van der Waals surface area contributed by atoms with Gasteiger partial charge in [0, 0.05) is 12.2 Å². The highest BCUT2D eigenvalue weighted by Gasteiger charge is 2.21. The number of carbonyl (C=O) groups is 1. The topological polar surface area (TPSA) is 90.9 Å². The van der Waals surface area contributed by atoms with Crippen molar-refractivity contribution in [2.24, 2.45) is 0 Å². The van der Waals surface area contributed by atoms with Crippen LogP contribution in [-0.2, 0) is 24.4 Å². The number of aryl methyl sites for hydroxylation is 4. The lowest BCUT2D eigenvalue weighted by Gasteiger charge is -2.14.